The summed E-state index contributed by atoms with van der Waals surface area (Å²) in [6.45, 7) is 24.2. The van der Waals surface area contributed by atoms with Crippen LogP contribution in [0.3, 0.4) is 0 Å². The number of hydrogen-bond acceptors (Lipinski definition) is 6. The summed E-state index contributed by atoms with van der Waals surface area (Å²) < 4.78 is 33.9. The first-order chi connectivity index (χ1) is 27.4. The third-order valence-electron chi connectivity index (χ3n) is 18.0. The van der Waals surface area contributed by atoms with Crippen molar-refractivity contribution in [1.29, 1.82) is 0 Å². The molecule has 0 bridgehead atoms. The molecule has 0 radical (unpaired) electrons. The molecule has 2 aromatic carbocycles. The molecule has 316 valence electrons. The van der Waals surface area contributed by atoms with Gasteiger partial charge in [-0.1, -0.05) is 71.0 Å². The number of piperazine rings is 1. The van der Waals surface area contributed by atoms with E-state index < -0.39 is 16.0 Å². The van der Waals surface area contributed by atoms with Crippen molar-refractivity contribution in [1.82, 2.24) is 14.5 Å². The minimum absolute atomic E-state index is 0.00408. The van der Waals surface area contributed by atoms with Crippen LogP contribution in [0, 0.1) is 51.2 Å². The lowest BCUT2D eigenvalue weighted by Gasteiger charge is -2.72. The largest absolute Gasteiger partial charge is 0.497 e. The van der Waals surface area contributed by atoms with E-state index in [0.717, 1.165) is 32.6 Å². The number of carboxylic acid groups (broad SMARTS) is 1. The number of carbonyl (C=O) groups is 1. The SMILES string of the molecule is C=C(C)C1CCC2(NCCN3CCN(S(=O)(=O)c4cccc(OC)c4)CC3)CCC3(C)C(CCC4C5(C)CC=C(c6ccc(C(=O)O)cc6)C(C)(C)C5CCC43C)C12. The van der Waals surface area contributed by atoms with Crippen molar-refractivity contribution in [3.05, 3.63) is 77.9 Å². The van der Waals surface area contributed by atoms with Gasteiger partial charge < -0.3 is 15.2 Å². The summed E-state index contributed by atoms with van der Waals surface area (Å²) in [5.74, 6) is 2.69. The molecule has 1 saturated heterocycles. The van der Waals surface area contributed by atoms with Crippen molar-refractivity contribution in [2.75, 3.05) is 46.4 Å². The molecule has 5 fully saturated rings. The summed E-state index contributed by atoms with van der Waals surface area (Å²) in [6.07, 6.45) is 13.6. The van der Waals surface area contributed by atoms with Crippen LogP contribution in [0.4, 0.5) is 0 Å². The molecule has 8 rings (SSSR count). The van der Waals surface area contributed by atoms with E-state index in [4.69, 9.17) is 4.74 Å². The standard InChI is InChI=1S/C49H69N3O5S/c1-33(2)38-18-23-49(50-26-27-51-28-30-52(31-29-51)58(55,56)37-11-9-10-36(32-37)57-8)25-24-47(6)40(43(38)49)16-17-42-46(5)21-19-39(34-12-14-35(15-13-34)44(53)54)45(3,4)41(46)20-22-48(42,47)7/h9-15,19,32,38,40-43,50H,1,16-18,20-31H2,2-8H3,(H,53,54). The van der Waals surface area contributed by atoms with Gasteiger partial charge >= 0.3 is 5.97 Å². The van der Waals surface area contributed by atoms with Crippen molar-refractivity contribution in [3.63, 3.8) is 0 Å². The highest BCUT2D eigenvalue weighted by Crippen LogP contribution is 2.76. The highest BCUT2D eigenvalue weighted by Gasteiger charge is 2.70. The molecule has 0 spiro atoms. The van der Waals surface area contributed by atoms with Crippen LogP contribution in [0.5, 0.6) is 5.75 Å². The van der Waals surface area contributed by atoms with Crippen LogP contribution >= 0.6 is 0 Å². The number of ether oxygens (including phenoxy) is 1. The smallest absolute Gasteiger partial charge is 0.335 e. The van der Waals surface area contributed by atoms with Crippen molar-refractivity contribution >= 4 is 21.6 Å². The van der Waals surface area contributed by atoms with E-state index in [1.165, 1.54) is 68.1 Å². The second-order valence-electron chi connectivity index (χ2n) is 20.6. The molecule has 8 nitrogen and oxygen atoms in total. The molecule has 9 atom stereocenters. The van der Waals surface area contributed by atoms with Crippen LogP contribution < -0.4 is 10.1 Å². The lowest BCUT2D eigenvalue weighted by atomic mass is 9.33. The summed E-state index contributed by atoms with van der Waals surface area (Å²) in [5.41, 5.74) is 5.10. The lowest BCUT2D eigenvalue weighted by molar-refractivity contribution is -0.219. The fourth-order valence-electron chi connectivity index (χ4n) is 14.9. The van der Waals surface area contributed by atoms with Gasteiger partial charge in [-0.15, -0.1) is 0 Å². The lowest BCUT2D eigenvalue weighted by Crippen LogP contribution is -2.68. The second-order valence-corrected chi connectivity index (χ2v) is 22.6. The first kappa shape index (κ1) is 41.7. The molecule has 5 aliphatic carbocycles. The summed E-state index contributed by atoms with van der Waals surface area (Å²) >= 11 is 0. The van der Waals surface area contributed by atoms with E-state index in [9.17, 15) is 18.3 Å². The quantitative estimate of drug-likeness (QED) is 0.231. The Labute approximate surface area is 348 Å². The monoisotopic (exact) mass is 811 g/mol. The number of nitrogens with zero attached hydrogens (tertiary/aromatic N) is 2. The Bertz CT molecular complexity index is 2050. The number of sulfonamides is 1. The number of carboxylic acids is 1. The number of aromatic carboxylic acids is 1. The van der Waals surface area contributed by atoms with Crippen LogP contribution in [-0.4, -0.2) is 80.6 Å². The van der Waals surface area contributed by atoms with Crippen LogP contribution in [0.15, 0.2) is 71.7 Å². The van der Waals surface area contributed by atoms with Gasteiger partial charge in [0.15, 0.2) is 0 Å². The van der Waals surface area contributed by atoms with Crippen LogP contribution in [0.25, 0.3) is 5.57 Å². The number of fused-ring (bicyclic) bond motifs is 7. The molecule has 1 aliphatic heterocycles. The Morgan fingerprint density at radius 3 is 2.29 bits per heavy atom. The zero-order chi connectivity index (χ0) is 41.5. The van der Waals surface area contributed by atoms with E-state index in [1.54, 1.807) is 47.8 Å². The van der Waals surface area contributed by atoms with Crippen LogP contribution in [-0.2, 0) is 10.0 Å². The molecule has 4 saturated carbocycles. The third kappa shape index (κ3) is 6.46. The molecule has 58 heavy (non-hydrogen) atoms. The fraction of sp³-hybridized carbons (Fsp3) is 0.653. The molecule has 6 aliphatic rings. The first-order valence-electron chi connectivity index (χ1n) is 22.2. The van der Waals surface area contributed by atoms with Gasteiger partial charge in [0.1, 0.15) is 5.75 Å². The Morgan fingerprint density at radius 1 is 0.897 bits per heavy atom. The average molecular weight is 812 g/mol. The number of rotatable bonds is 10. The van der Waals surface area contributed by atoms with Gasteiger partial charge in [0, 0.05) is 50.9 Å². The number of hydrogen-bond donors (Lipinski definition) is 2. The summed E-state index contributed by atoms with van der Waals surface area (Å²) in [6, 6.07) is 14.4. The molecule has 0 amide bonds. The van der Waals surface area contributed by atoms with E-state index in [2.05, 4.69) is 64.4 Å². The molecule has 2 aromatic rings. The number of benzene rings is 2. The van der Waals surface area contributed by atoms with E-state index in [0.29, 0.717) is 58.9 Å². The number of methoxy groups -OCH3 is 1. The van der Waals surface area contributed by atoms with Gasteiger partial charge in [-0.25, -0.2) is 13.2 Å². The molecule has 1 heterocycles. The Morgan fingerprint density at radius 2 is 1.62 bits per heavy atom. The first-order valence-corrected chi connectivity index (χ1v) is 23.7. The van der Waals surface area contributed by atoms with Gasteiger partial charge in [-0.3, -0.25) is 4.90 Å². The van der Waals surface area contributed by atoms with Gasteiger partial charge in [0.05, 0.1) is 17.6 Å². The summed E-state index contributed by atoms with van der Waals surface area (Å²) in [5, 5.41) is 13.8. The molecular formula is C49H69N3O5S. The van der Waals surface area contributed by atoms with Gasteiger partial charge in [-0.05, 0) is 151 Å². The Balaban J connectivity index is 0.972. The maximum atomic E-state index is 13.5. The normalized spacial score (nSPS) is 37.4. The Kier molecular flexibility index (Phi) is 10.7. The Hall–Kier alpha value is -2.98. The van der Waals surface area contributed by atoms with Gasteiger partial charge in [-0.2, -0.15) is 4.31 Å². The zero-order valence-corrected chi connectivity index (χ0v) is 37.1. The van der Waals surface area contributed by atoms with Crippen molar-refractivity contribution in [2.24, 2.45) is 51.2 Å². The van der Waals surface area contributed by atoms with Crippen LogP contribution in [0.2, 0.25) is 0 Å². The van der Waals surface area contributed by atoms with Crippen molar-refractivity contribution in [2.45, 2.75) is 110 Å². The summed E-state index contributed by atoms with van der Waals surface area (Å²) in [7, 11) is -2.00. The fourth-order valence-corrected chi connectivity index (χ4v) is 16.4. The second kappa shape index (κ2) is 14.9. The molecule has 0 aromatic heterocycles. The molecular weight excluding hydrogens is 743 g/mol. The minimum Gasteiger partial charge on any atom is -0.497 e. The van der Waals surface area contributed by atoms with Gasteiger partial charge in [0.25, 0.3) is 0 Å². The number of allylic oxidation sites excluding steroid dienone is 3. The van der Waals surface area contributed by atoms with Gasteiger partial charge in [0.2, 0.25) is 10.0 Å². The zero-order valence-electron chi connectivity index (χ0n) is 36.3. The van der Waals surface area contributed by atoms with Crippen molar-refractivity contribution < 1.29 is 23.1 Å². The van der Waals surface area contributed by atoms with Crippen LogP contribution in [0.1, 0.15) is 115 Å². The maximum Gasteiger partial charge on any atom is 0.335 e. The molecule has 9 heteroatoms. The average Bonchev–Trinajstić information content (AvgIpc) is 3.58. The maximum absolute atomic E-state index is 13.5. The summed E-state index contributed by atoms with van der Waals surface area (Å²) in [4.78, 5) is 14.3. The van der Waals surface area contributed by atoms with E-state index in [-0.39, 0.29) is 27.2 Å². The van der Waals surface area contributed by atoms with E-state index in [1.807, 2.05) is 12.1 Å². The van der Waals surface area contributed by atoms with Crippen molar-refractivity contribution in [3.8, 4) is 5.75 Å². The third-order valence-corrected chi connectivity index (χ3v) is 19.9. The van der Waals surface area contributed by atoms with E-state index >= 15 is 0 Å². The molecule has 9 unspecified atom stereocenters. The minimum atomic E-state index is -3.56. The molecule has 2 N–H and O–H groups in total. The topological polar surface area (TPSA) is 99.2 Å². The highest BCUT2D eigenvalue weighted by molar-refractivity contribution is 7.89. The predicted molar refractivity (Wildman–Crippen MR) is 232 cm³/mol. The number of nitrogens with one attached hydrogen (secondary N) is 1. The highest BCUT2D eigenvalue weighted by atomic mass is 32.2. The predicted octanol–water partition coefficient (Wildman–Crippen LogP) is 9.39.